The van der Waals surface area contributed by atoms with Crippen LogP contribution >= 0.6 is 0 Å². The summed E-state index contributed by atoms with van der Waals surface area (Å²) in [6.07, 6.45) is 1.28. The van der Waals surface area contributed by atoms with Crippen molar-refractivity contribution in [1.82, 2.24) is 4.90 Å². The summed E-state index contributed by atoms with van der Waals surface area (Å²) in [5, 5.41) is 0. The van der Waals surface area contributed by atoms with Crippen LogP contribution in [0.5, 0.6) is 0 Å². The second-order valence-corrected chi connectivity index (χ2v) is 3.30. The zero-order chi connectivity index (χ0) is 10.1. The van der Waals surface area contributed by atoms with Crippen molar-refractivity contribution in [3.63, 3.8) is 0 Å². The molecule has 2 heterocycles. The standard InChI is InChI=1S/C9H11NO4/c1-2-9(12)13-5-6-4-10-7(11)3-8(10)14-6/h2,6,8H,1,3-5H2. The first-order chi connectivity index (χ1) is 6.70. The number of β-lactam (4-membered cyclic amide) rings is 1. The monoisotopic (exact) mass is 197 g/mol. The van der Waals surface area contributed by atoms with Crippen molar-refractivity contribution in [3.05, 3.63) is 12.7 Å². The van der Waals surface area contributed by atoms with E-state index in [0.29, 0.717) is 13.0 Å². The van der Waals surface area contributed by atoms with Gasteiger partial charge >= 0.3 is 5.97 Å². The molecule has 0 aliphatic carbocycles. The van der Waals surface area contributed by atoms with E-state index in [9.17, 15) is 9.59 Å². The van der Waals surface area contributed by atoms with E-state index < -0.39 is 5.97 Å². The van der Waals surface area contributed by atoms with Gasteiger partial charge in [0.25, 0.3) is 0 Å². The normalized spacial score (nSPS) is 29.4. The van der Waals surface area contributed by atoms with Crippen LogP contribution in [0.4, 0.5) is 0 Å². The second kappa shape index (κ2) is 3.42. The van der Waals surface area contributed by atoms with Crippen LogP contribution in [0.25, 0.3) is 0 Å². The van der Waals surface area contributed by atoms with Gasteiger partial charge < -0.3 is 14.4 Å². The maximum Gasteiger partial charge on any atom is 0.330 e. The third-order valence-electron chi connectivity index (χ3n) is 2.35. The molecule has 2 unspecified atom stereocenters. The lowest BCUT2D eigenvalue weighted by atomic mass is 10.2. The Bertz CT molecular complexity index is 289. The largest absolute Gasteiger partial charge is 0.460 e. The highest BCUT2D eigenvalue weighted by Gasteiger charge is 2.45. The second-order valence-electron chi connectivity index (χ2n) is 3.30. The lowest BCUT2D eigenvalue weighted by Crippen LogP contribution is -2.48. The predicted molar refractivity (Wildman–Crippen MR) is 46.1 cm³/mol. The summed E-state index contributed by atoms with van der Waals surface area (Å²) in [4.78, 5) is 23.4. The lowest BCUT2D eigenvalue weighted by molar-refractivity contribution is -0.158. The lowest BCUT2D eigenvalue weighted by Gasteiger charge is -2.31. The Morgan fingerprint density at radius 1 is 1.79 bits per heavy atom. The molecule has 0 saturated carbocycles. The number of esters is 1. The van der Waals surface area contributed by atoms with Gasteiger partial charge in [-0.3, -0.25) is 4.79 Å². The van der Waals surface area contributed by atoms with Gasteiger partial charge in [0, 0.05) is 6.08 Å². The Balaban J connectivity index is 1.76. The average molecular weight is 197 g/mol. The highest BCUT2D eigenvalue weighted by Crippen LogP contribution is 2.28. The van der Waals surface area contributed by atoms with Crippen molar-refractivity contribution >= 4 is 11.9 Å². The van der Waals surface area contributed by atoms with Gasteiger partial charge in [0.15, 0.2) is 0 Å². The third-order valence-corrected chi connectivity index (χ3v) is 2.35. The Hall–Kier alpha value is -1.36. The number of fused-ring (bicyclic) bond motifs is 1. The van der Waals surface area contributed by atoms with Gasteiger partial charge in [0.05, 0.1) is 13.0 Å². The van der Waals surface area contributed by atoms with E-state index in [2.05, 4.69) is 6.58 Å². The third kappa shape index (κ3) is 1.50. The van der Waals surface area contributed by atoms with Gasteiger partial charge in [-0.25, -0.2) is 4.79 Å². The number of nitrogens with zero attached hydrogens (tertiary/aromatic N) is 1. The van der Waals surface area contributed by atoms with E-state index >= 15 is 0 Å². The highest BCUT2D eigenvalue weighted by atomic mass is 16.6. The van der Waals surface area contributed by atoms with Gasteiger partial charge in [0.1, 0.15) is 18.9 Å². The van der Waals surface area contributed by atoms with Crippen molar-refractivity contribution in [2.24, 2.45) is 0 Å². The number of amides is 1. The van der Waals surface area contributed by atoms with Crippen molar-refractivity contribution in [3.8, 4) is 0 Å². The van der Waals surface area contributed by atoms with Crippen LogP contribution in [-0.4, -0.2) is 42.3 Å². The first kappa shape index (κ1) is 9.21. The average Bonchev–Trinajstić information content (AvgIpc) is 2.51. The topological polar surface area (TPSA) is 55.8 Å². The molecular weight excluding hydrogens is 186 g/mol. The molecule has 1 amide bonds. The number of hydrogen-bond donors (Lipinski definition) is 0. The maximum atomic E-state index is 11.0. The highest BCUT2D eigenvalue weighted by molar-refractivity contribution is 5.83. The molecular formula is C9H11NO4. The quantitative estimate of drug-likeness (QED) is 0.353. The van der Waals surface area contributed by atoms with Crippen molar-refractivity contribution in [2.45, 2.75) is 18.8 Å². The number of ether oxygens (including phenoxy) is 2. The molecule has 2 atom stereocenters. The fraction of sp³-hybridized carbons (Fsp3) is 0.556. The molecule has 0 N–H and O–H groups in total. The molecule has 2 aliphatic heterocycles. The summed E-state index contributed by atoms with van der Waals surface area (Å²) in [5.41, 5.74) is 0. The summed E-state index contributed by atoms with van der Waals surface area (Å²) in [6.45, 7) is 3.99. The van der Waals surface area contributed by atoms with Crippen LogP contribution in [-0.2, 0) is 19.1 Å². The SMILES string of the molecule is C=CC(=O)OCC1CN2C(=O)CC2O1. The van der Waals surface area contributed by atoms with Crippen LogP contribution in [0.15, 0.2) is 12.7 Å². The molecule has 76 valence electrons. The molecule has 2 rings (SSSR count). The van der Waals surface area contributed by atoms with E-state index in [-0.39, 0.29) is 24.8 Å². The zero-order valence-electron chi connectivity index (χ0n) is 7.64. The van der Waals surface area contributed by atoms with E-state index in [1.807, 2.05) is 0 Å². The van der Waals surface area contributed by atoms with Crippen LogP contribution in [0.2, 0.25) is 0 Å². The molecule has 2 saturated heterocycles. The smallest absolute Gasteiger partial charge is 0.330 e. The molecule has 0 aromatic rings. The minimum Gasteiger partial charge on any atom is -0.460 e. The van der Waals surface area contributed by atoms with Gasteiger partial charge in [-0.1, -0.05) is 6.58 Å². The molecule has 5 nitrogen and oxygen atoms in total. The Kier molecular flexibility index (Phi) is 2.25. The molecule has 0 spiro atoms. The Morgan fingerprint density at radius 3 is 3.14 bits per heavy atom. The van der Waals surface area contributed by atoms with Crippen molar-refractivity contribution in [1.29, 1.82) is 0 Å². The molecule has 14 heavy (non-hydrogen) atoms. The van der Waals surface area contributed by atoms with Gasteiger partial charge in [-0.15, -0.1) is 0 Å². The van der Waals surface area contributed by atoms with Crippen molar-refractivity contribution in [2.75, 3.05) is 13.2 Å². The summed E-state index contributed by atoms with van der Waals surface area (Å²) in [7, 11) is 0. The van der Waals surface area contributed by atoms with Crippen LogP contribution in [0, 0.1) is 0 Å². The number of carbonyl (C=O) groups excluding carboxylic acids is 2. The molecule has 0 aromatic carbocycles. The van der Waals surface area contributed by atoms with E-state index in [4.69, 9.17) is 9.47 Å². The molecule has 0 aromatic heterocycles. The predicted octanol–water partition coefficient (Wildman–Crippen LogP) is -0.327. The Labute approximate surface area is 81.3 Å². The van der Waals surface area contributed by atoms with Crippen LogP contribution in [0.1, 0.15) is 6.42 Å². The summed E-state index contributed by atoms with van der Waals surface area (Å²) >= 11 is 0. The zero-order valence-corrected chi connectivity index (χ0v) is 7.64. The Morgan fingerprint density at radius 2 is 2.57 bits per heavy atom. The molecule has 0 radical (unpaired) electrons. The molecule has 5 heteroatoms. The number of carbonyl (C=O) groups is 2. The summed E-state index contributed by atoms with van der Waals surface area (Å²) < 4.78 is 10.2. The van der Waals surface area contributed by atoms with Gasteiger partial charge in [-0.05, 0) is 0 Å². The fourth-order valence-corrected chi connectivity index (χ4v) is 1.58. The van der Waals surface area contributed by atoms with Gasteiger partial charge in [-0.2, -0.15) is 0 Å². The first-order valence-corrected chi connectivity index (χ1v) is 4.45. The van der Waals surface area contributed by atoms with Crippen molar-refractivity contribution < 1.29 is 19.1 Å². The first-order valence-electron chi connectivity index (χ1n) is 4.45. The van der Waals surface area contributed by atoms with Crippen LogP contribution in [0.3, 0.4) is 0 Å². The summed E-state index contributed by atoms with van der Waals surface area (Å²) in [5.74, 6) is -0.360. The maximum absolute atomic E-state index is 11.0. The fourth-order valence-electron chi connectivity index (χ4n) is 1.58. The number of hydrogen-bond acceptors (Lipinski definition) is 4. The van der Waals surface area contributed by atoms with Gasteiger partial charge in [0.2, 0.25) is 5.91 Å². The number of rotatable bonds is 3. The molecule has 2 aliphatic rings. The van der Waals surface area contributed by atoms with E-state index in [1.54, 1.807) is 4.90 Å². The minimum absolute atomic E-state index is 0.0880. The molecule has 0 bridgehead atoms. The van der Waals surface area contributed by atoms with E-state index in [1.165, 1.54) is 0 Å². The van der Waals surface area contributed by atoms with E-state index in [0.717, 1.165) is 6.08 Å². The minimum atomic E-state index is -0.464. The van der Waals surface area contributed by atoms with Crippen LogP contribution < -0.4 is 0 Å². The molecule has 2 fully saturated rings. The summed E-state index contributed by atoms with van der Waals surface area (Å²) in [6, 6.07) is 0.